The van der Waals surface area contributed by atoms with Crippen LogP contribution in [0.5, 0.6) is 0 Å². The summed E-state index contributed by atoms with van der Waals surface area (Å²) in [5.74, 6) is -0.800. The molecular weight excluding hydrogens is 304 g/mol. The molecule has 0 saturated carbocycles. The van der Waals surface area contributed by atoms with Gasteiger partial charge in [0.1, 0.15) is 0 Å². The van der Waals surface area contributed by atoms with Crippen LogP contribution in [-0.2, 0) is 9.53 Å². The number of benzene rings is 2. The molecule has 0 aliphatic rings. The summed E-state index contributed by atoms with van der Waals surface area (Å²) in [6.07, 6.45) is 0. The van der Waals surface area contributed by atoms with Gasteiger partial charge in [-0.15, -0.1) is 0 Å². The van der Waals surface area contributed by atoms with Gasteiger partial charge in [0.2, 0.25) is 5.91 Å². The maximum Gasteiger partial charge on any atom is 0.339 e. The third-order valence-corrected chi connectivity index (χ3v) is 3.25. The van der Waals surface area contributed by atoms with Gasteiger partial charge in [-0.2, -0.15) is 0 Å². The van der Waals surface area contributed by atoms with Crippen LogP contribution in [0.15, 0.2) is 48.5 Å². The van der Waals surface area contributed by atoms with Crippen LogP contribution in [0.4, 0.5) is 11.4 Å². The maximum atomic E-state index is 12.0. The predicted octanol–water partition coefficient (Wildman–Crippen LogP) is 3.18. The molecule has 1 amide bonds. The molecule has 2 aromatic rings. The second-order valence-electron chi connectivity index (χ2n) is 4.42. The molecule has 0 fully saturated rings. The van der Waals surface area contributed by atoms with E-state index in [1.807, 2.05) is 6.07 Å². The van der Waals surface area contributed by atoms with E-state index in [0.717, 1.165) is 0 Å². The number of para-hydroxylation sites is 2. The number of rotatable bonds is 5. The molecule has 2 N–H and O–H groups in total. The quantitative estimate of drug-likeness (QED) is 0.831. The van der Waals surface area contributed by atoms with Gasteiger partial charge in [-0.1, -0.05) is 35.9 Å². The molecule has 5 nitrogen and oxygen atoms in total. The molecule has 0 unspecified atom stereocenters. The number of esters is 1. The molecule has 0 bridgehead atoms. The molecule has 0 saturated heterocycles. The van der Waals surface area contributed by atoms with E-state index < -0.39 is 5.97 Å². The van der Waals surface area contributed by atoms with E-state index in [4.69, 9.17) is 11.6 Å². The van der Waals surface area contributed by atoms with E-state index in [1.54, 1.807) is 42.5 Å². The van der Waals surface area contributed by atoms with Crippen LogP contribution in [0.25, 0.3) is 0 Å². The summed E-state index contributed by atoms with van der Waals surface area (Å²) in [5, 5.41) is 6.14. The first-order valence-electron chi connectivity index (χ1n) is 6.57. The summed E-state index contributed by atoms with van der Waals surface area (Å²) in [5.41, 5.74) is 1.37. The average Bonchev–Trinajstić information content (AvgIpc) is 2.54. The Bertz CT molecular complexity index is 689. The second-order valence-corrected chi connectivity index (χ2v) is 4.83. The van der Waals surface area contributed by atoms with Gasteiger partial charge in [0, 0.05) is 0 Å². The molecular formula is C16H15ClN2O3. The zero-order chi connectivity index (χ0) is 15.9. The number of amides is 1. The summed E-state index contributed by atoms with van der Waals surface area (Å²) < 4.78 is 4.68. The Morgan fingerprint density at radius 2 is 1.68 bits per heavy atom. The van der Waals surface area contributed by atoms with Gasteiger partial charge < -0.3 is 15.4 Å². The molecule has 114 valence electrons. The van der Waals surface area contributed by atoms with Crippen LogP contribution in [0.3, 0.4) is 0 Å². The van der Waals surface area contributed by atoms with E-state index in [2.05, 4.69) is 15.4 Å². The molecule has 22 heavy (non-hydrogen) atoms. The molecule has 0 spiro atoms. The number of methoxy groups -OCH3 is 1. The summed E-state index contributed by atoms with van der Waals surface area (Å²) in [6.45, 7) is 0.0270. The van der Waals surface area contributed by atoms with Crippen molar-refractivity contribution in [3.8, 4) is 0 Å². The van der Waals surface area contributed by atoms with Crippen molar-refractivity contribution in [1.82, 2.24) is 0 Å². The zero-order valence-electron chi connectivity index (χ0n) is 11.9. The molecule has 2 aromatic carbocycles. The minimum Gasteiger partial charge on any atom is -0.465 e. The lowest BCUT2D eigenvalue weighted by Gasteiger charge is -2.11. The van der Waals surface area contributed by atoms with Crippen molar-refractivity contribution >= 4 is 34.9 Å². The Balaban J connectivity index is 2.01. The first-order valence-corrected chi connectivity index (χ1v) is 6.95. The van der Waals surface area contributed by atoms with E-state index >= 15 is 0 Å². The Morgan fingerprint density at radius 3 is 2.36 bits per heavy atom. The lowest BCUT2D eigenvalue weighted by atomic mass is 10.2. The van der Waals surface area contributed by atoms with Crippen LogP contribution in [0.1, 0.15) is 10.4 Å². The maximum absolute atomic E-state index is 12.0. The Labute approximate surface area is 133 Å². The molecule has 0 aromatic heterocycles. The van der Waals surface area contributed by atoms with Crippen molar-refractivity contribution in [3.63, 3.8) is 0 Å². The SMILES string of the molecule is COC(=O)c1ccccc1NC(=O)CNc1ccccc1Cl. The summed E-state index contributed by atoms with van der Waals surface area (Å²) >= 11 is 6.00. The number of carbonyl (C=O) groups is 2. The highest BCUT2D eigenvalue weighted by molar-refractivity contribution is 6.33. The average molecular weight is 319 g/mol. The van der Waals surface area contributed by atoms with Gasteiger partial charge in [0.25, 0.3) is 0 Å². The lowest BCUT2D eigenvalue weighted by molar-refractivity contribution is -0.114. The van der Waals surface area contributed by atoms with Crippen LogP contribution in [0, 0.1) is 0 Å². The fraction of sp³-hybridized carbons (Fsp3) is 0.125. The predicted molar refractivity (Wildman–Crippen MR) is 86.4 cm³/mol. The van der Waals surface area contributed by atoms with Gasteiger partial charge in [-0.25, -0.2) is 4.79 Å². The molecule has 0 aliphatic heterocycles. The lowest BCUT2D eigenvalue weighted by Crippen LogP contribution is -2.23. The van der Waals surface area contributed by atoms with Crippen molar-refractivity contribution in [2.75, 3.05) is 24.3 Å². The monoisotopic (exact) mass is 318 g/mol. The fourth-order valence-electron chi connectivity index (χ4n) is 1.85. The smallest absolute Gasteiger partial charge is 0.339 e. The minimum absolute atomic E-state index is 0.0270. The summed E-state index contributed by atoms with van der Waals surface area (Å²) in [7, 11) is 1.29. The van der Waals surface area contributed by atoms with E-state index in [0.29, 0.717) is 22.0 Å². The highest BCUT2D eigenvalue weighted by Gasteiger charge is 2.13. The standard InChI is InChI=1S/C16H15ClN2O3/c1-22-16(21)11-6-2-4-8-13(11)19-15(20)10-18-14-9-5-3-7-12(14)17/h2-9,18H,10H2,1H3,(H,19,20). The number of anilines is 2. The largest absolute Gasteiger partial charge is 0.465 e. The van der Waals surface area contributed by atoms with Gasteiger partial charge in [-0.05, 0) is 24.3 Å². The minimum atomic E-state index is -0.505. The topological polar surface area (TPSA) is 67.4 Å². The third kappa shape index (κ3) is 3.99. The van der Waals surface area contributed by atoms with E-state index in [-0.39, 0.29) is 12.5 Å². The molecule has 0 atom stereocenters. The molecule has 6 heteroatoms. The van der Waals surface area contributed by atoms with Crippen molar-refractivity contribution in [2.45, 2.75) is 0 Å². The normalized spacial score (nSPS) is 9.91. The van der Waals surface area contributed by atoms with Gasteiger partial charge >= 0.3 is 5.97 Å². The molecule has 0 heterocycles. The number of nitrogens with one attached hydrogen (secondary N) is 2. The van der Waals surface area contributed by atoms with Gasteiger partial charge in [-0.3, -0.25) is 4.79 Å². The zero-order valence-corrected chi connectivity index (χ0v) is 12.7. The van der Waals surface area contributed by atoms with Gasteiger partial charge in [0.05, 0.1) is 35.6 Å². The second kappa shape index (κ2) is 7.47. The molecule has 0 radical (unpaired) electrons. The first kappa shape index (κ1) is 15.9. The van der Waals surface area contributed by atoms with Crippen LogP contribution in [0.2, 0.25) is 5.02 Å². The van der Waals surface area contributed by atoms with Crippen LogP contribution >= 0.6 is 11.6 Å². The molecule has 2 rings (SSSR count). The number of hydrogen-bond donors (Lipinski definition) is 2. The van der Waals surface area contributed by atoms with Crippen LogP contribution in [-0.4, -0.2) is 25.5 Å². The summed E-state index contributed by atoms with van der Waals surface area (Å²) in [6, 6.07) is 13.8. The first-order chi connectivity index (χ1) is 10.6. The Hall–Kier alpha value is -2.53. The highest BCUT2D eigenvalue weighted by atomic mass is 35.5. The van der Waals surface area contributed by atoms with E-state index in [9.17, 15) is 9.59 Å². The molecule has 0 aliphatic carbocycles. The van der Waals surface area contributed by atoms with Crippen LogP contribution < -0.4 is 10.6 Å². The van der Waals surface area contributed by atoms with Crippen molar-refractivity contribution in [1.29, 1.82) is 0 Å². The van der Waals surface area contributed by atoms with E-state index in [1.165, 1.54) is 7.11 Å². The summed E-state index contributed by atoms with van der Waals surface area (Å²) in [4.78, 5) is 23.6. The number of ether oxygens (including phenoxy) is 1. The van der Waals surface area contributed by atoms with Crippen molar-refractivity contribution < 1.29 is 14.3 Å². The number of hydrogen-bond acceptors (Lipinski definition) is 4. The fourth-order valence-corrected chi connectivity index (χ4v) is 2.06. The number of halogens is 1. The number of carbonyl (C=O) groups excluding carboxylic acids is 2. The van der Waals surface area contributed by atoms with Crippen molar-refractivity contribution in [3.05, 3.63) is 59.1 Å². The third-order valence-electron chi connectivity index (χ3n) is 2.92. The van der Waals surface area contributed by atoms with Gasteiger partial charge in [0.15, 0.2) is 0 Å². The van der Waals surface area contributed by atoms with Crippen molar-refractivity contribution in [2.24, 2.45) is 0 Å². The highest BCUT2D eigenvalue weighted by Crippen LogP contribution is 2.20. The Kier molecular flexibility index (Phi) is 5.38. The Morgan fingerprint density at radius 1 is 1.05 bits per heavy atom.